The Balaban J connectivity index is 0. The minimum Gasteiger partial charge on any atom is -0.478 e. The molecule has 3 nitrogen and oxygen atoms in total. The Morgan fingerprint density at radius 1 is 1.40 bits per heavy atom. The molecule has 1 N–H and O–H groups in total. The molecule has 0 rings (SSSR count). The van der Waals surface area contributed by atoms with Gasteiger partial charge in [0.25, 0.3) is 0 Å². The maximum absolute atomic E-state index is 9.51. The van der Waals surface area contributed by atoms with Crippen LogP contribution in [-0.2, 0) is 4.79 Å². The first kappa shape index (κ1) is 15.4. The Morgan fingerprint density at radius 3 is 2.00 bits per heavy atom. The van der Waals surface area contributed by atoms with Crippen molar-refractivity contribution >= 4 is 5.97 Å². The first-order chi connectivity index (χ1) is 7.03. The predicted octanol–water partition coefficient (Wildman–Crippen LogP) is 2.85. The van der Waals surface area contributed by atoms with Gasteiger partial charge in [-0.25, -0.2) is 4.79 Å². The molecule has 0 aliphatic carbocycles. The number of carbonyl (C=O) groups is 1. The van der Waals surface area contributed by atoms with Crippen LogP contribution in [0.3, 0.4) is 0 Å². The van der Waals surface area contributed by atoms with Crippen molar-refractivity contribution in [1.29, 1.82) is 5.26 Å². The zero-order valence-corrected chi connectivity index (χ0v) is 9.03. The second kappa shape index (κ2) is 10.0. The van der Waals surface area contributed by atoms with Crippen molar-refractivity contribution < 1.29 is 9.90 Å². The van der Waals surface area contributed by atoms with Gasteiger partial charge in [-0.3, -0.25) is 0 Å². The Kier molecular flexibility index (Phi) is 10.3. The minimum atomic E-state index is -0.891. The number of nitrogens with zero attached hydrogens (tertiary/aromatic N) is 1. The highest BCUT2D eigenvalue weighted by molar-refractivity contribution is 5.79. The van der Waals surface area contributed by atoms with Gasteiger partial charge in [0, 0.05) is 6.08 Å². The van der Waals surface area contributed by atoms with E-state index in [9.17, 15) is 4.79 Å². The van der Waals surface area contributed by atoms with Gasteiger partial charge in [-0.05, 0) is 19.4 Å². The zero-order chi connectivity index (χ0) is 12.3. The number of allylic oxidation sites excluding steroid dienone is 5. The largest absolute Gasteiger partial charge is 0.478 e. The van der Waals surface area contributed by atoms with Gasteiger partial charge in [0.05, 0.1) is 11.6 Å². The minimum absolute atomic E-state index is 0.588. The number of nitriles is 1. The summed E-state index contributed by atoms with van der Waals surface area (Å²) in [6, 6.07) is 1.99. The van der Waals surface area contributed by atoms with Gasteiger partial charge in [-0.15, -0.1) is 0 Å². The van der Waals surface area contributed by atoms with E-state index < -0.39 is 5.97 Å². The number of hydrogen-bond donors (Lipinski definition) is 1. The Hall–Kier alpha value is -2.08. The maximum Gasteiger partial charge on any atom is 0.327 e. The Labute approximate surface area is 90.3 Å². The topological polar surface area (TPSA) is 61.1 Å². The van der Waals surface area contributed by atoms with Crippen molar-refractivity contribution in [3.63, 3.8) is 0 Å². The second-order valence-corrected chi connectivity index (χ2v) is 2.45. The molecule has 0 aliphatic heterocycles. The number of carboxylic acid groups (broad SMARTS) is 1. The average Bonchev–Trinajstić information content (AvgIpc) is 2.20. The van der Waals surface area contributed by atoms with Gasteiger partial charge in [0.15, 0.2) is 0 Å². The third kappa shape index (κ3) is 9.84. The van der Waals surface area contributed by atoms with Crippen LogP contribution in [0.4, 0.5) is 0 Å². The van der Waals surface area contributed by atoms with Crippen LogP contribution >= 0.6 is 0 Å². The van der Waals surface area contributed by atoms with Crippen LogP contribution < -0.4 is 0 Å². The number of carboxylic acids is 1. The van der Waals surface area contributed by atoms with E-state index in [1.54, 1.807) is 13.0 Å². The van der Waals surface area contributed by atoms with Gasteiger partial charge < -0.3 is 5.11 Å². The monoisotopic (exact) mass is 205 g/mol. The number of aliphatic carboxylic acids is 1. The SMILES string of the molecule is C=CC(C)=C(C#N)C=C.CC=CC(=O)O. The summed E-state index contributed by atoms with van der Waals surface area (Å²) >= 11 is 0. The summed E-state index contributed by atoms with van der Waals surface area (Å²) in [5.74, 6) is -0.891. The van der Waals surface area contributed by atoms with E-state index in [0.29, 0.717) is 5.57 Å². The third-order valence-corrected chi connectivity index (χ3v) is 1.36. The van der Waals surface area contributed by atoms with Crippen LogP contribution in [0, 0.1) is 11.3 Å². The third-order valence-electron chi connectivity index (χ3n) is 1.36. The molecule has 0 spiro atoms. The maximum atomic E-state index is 9.51. The summed E-state index contributed by atoms with van der Waals surface area (Å²) < 4.78 is 0. The molecule has 0 aromatic heterocycles. The lowest BCUT2D eigenvalue weighted by Crippen LogP contribution is -1.83. The molecule has 3 heteroatoms. The molecule has 0 heterocycles. The molecule has 0 saturated heterocycles. The fraction of sp³-hybridized carbons (Fsp3) is 0.167. The molecule has 0 aromatic rings. The van der Waals surface area contributed by atoms with Crippen molar-refractivity contribution in [3.8, 4) is 6.07 Å². The summed E-state index contributed by atoms with van der Waals surface area (Å²) in [7, 11) is 0. The highest BCUT2D eigenvalue weighted by Crippen LogP contribution is 2.03. The van der Waals surface area contributed by atoms with E-state index in [-0.39, 0.29) is 0 Å². The molecule has 0 unspecified atom stereocenters. The van der Waals surface area contributed by atoms with Crippen molar-refractivity contribution in [1.82, 2.24) is 0 Å². The normalized spacial score (nSPS) is 10.5. The van der Waals surface area contributed by atoms with Gasteiger partial charge in [-0.1, -0.05) is 31.4 Å². The van der Waals surface area contributed by atoms with Crippen LogP contribution in [0.2, 0.25) is 0 Å². The van der Waals surface area contributed by atoms with Crippen LogP contribution in [0.25, 0.3) is 0 Å². The highest BCUT2D eigenvalue weighted by atomic mass is 16.4. The lowest BCUT2D eigenvalue weighted by atomic mass is 10.1. The summed E-state index contributed by atoms with van der Waals surface area (Å²) in [4.78, 5) is 9.51. The fourth-order valence-corrected chi connectivity index (χ4v) is 0.547. The first-order valence-electron chi connectivity index (χ1n) is 4.24. The van der Waals surface area contributed by atoms with E-state index >= 15 is 0 Å². The standard InChI is InChI=1S/C8H9N.C4H6O2/c1-4-7(3)8(5-2)6-9;1-2-3-4(5)6/h4-5H,1-2H2,3H3;2-3H,1H3,(H,5,6). The van der Waals surface area contributed by atoms with Gasteiger partial charge in [0.1, 0.15) is 0 Å². The van der Waals surface area contributed by atoms with Crippen LogP contribution in [0.1, 0.15) is 13.8 Å². The Morgan fingerprint density at radius 2 is 1.93 bits per heavy atom. The Bertz CT molecular complexity index is 330. The van der Waals surface area contributed by atoms with E-state index in [2.05, 4.69) is 13.2 Å². The van der Waals surface area contributed by atoms with Crippen molar-refractivity contribution in [2.24, 2.45) is 0 Å². The molecule has 0 radical (unpaired) electrons. The van der Waals surface area contributed by atoms with Crippen molar-refractivity contribution in [2.45, 2.75) is 13.8 Å². The molecule has 80 valence electrons. The van der Waals surface area contributed by atoms with E-state index in [0.717, 1.165) is 11.6 Å². The summed E-state index contributed by atoms with van der Waals surface area (Å²) in [5, 5.41) is 16.2. The number of hydrogen-bond acceptors (Lipinski definition) is 2. The van der Waals surface area contributed by atoms with Crippen LogP contribution in [0.15, 0.2) is 48.6 Å². The molecule has 0 saturated carbocycles. The summed E-state index contributed by atoms with van der Waals surface area (Å²) in [6.07, 6.45) is 5.72. The summed E-state index contributed by atoms with van der Waals surface area (Å²) in [5.41, 5.74) is 1.46. The van der Waals surface area contributed by atoms with Crippen molar-refractivity contribution in [3.05, 3.63) is 48.6 Å². The molecule has 0 bridgehead atoms. The lowest BCUT2D eigenvalue weighted by molar-refractivity contribution is -0.131. The van der Waals surface area contributed by atoms with Gasteiger partial charge in [0.2, 0.25) is 0 Å². The van der Waals surface area contributed by atoms with Gasteiger partial charge >= 0.3 is 5.97 Å². The zero-order valence-electron chi connectivity index (χ0n) is 9.03. The van der Waals surface area contributed by atoms with E-state index in [1.807, 2.05) is 13.0 Å². The second-order valence-electron chi connectivity index (χ2n) is 2.45. The molecule has 0 atom stereocenters. The van der Waals surface area contributed by atoms with Gasteiger partial charge in [-0.2, -0.15) is 5.26 Å². The van der Waals surface area contributed by atoms with E-state index in [1.165, 1.54) is 12.2 Å². The van der Waals surface area contributed by atoms with Crippen molar-refractivity contribution in [2.75, 3.05) is 0 Å². The molecular formula is C12H15NO2. The first-order valence-corrected chi connectivity index (χ1v) is 4.24. The molecule has 0 aliphatic rings. The lowest BCUT2D eigenvalue weighted by Gasteiger charge is -1.89. The summed E-state index contributed by atoms with van der Waals surface area (Å²) in [6.45, 7) is 10.5. The molecule has 0 aromatic carbocycles. The quantitative estimate of drug-likeness (QED) is 0.438. The molecule has 15 heavy (non-hydrogen) atoms. The fourth-order valence-electron chi connectivity index (χ4n) is 0.547. The van der Waals surface area contributed by atoms with Crippen LogP contribution in [-0.4, -0.2) is 11.1 Å². The predicted molar refractivity (Wildman–Crippen MR) is 61.2 cm³/mol. The highest BCUT2D eigenvalue weighted by Gasteiger charge is 1.89. The number of rotatable bonds is 3. The molecule has 0 amide bonds. The average molecular weight is 205 g/mol. The molecule has 0 fully saturated rings. The molecular weight excluding hydrogens is 190 g/mol. The van der Waals surface area contributed by atoms with Crippen LogP contribution in [0.5, 0.6) is 0 Å². The smallest absolute Gasteiger partial charge is 0.327 e. The van der Waals surface area contributed by atoms with E-state index in [4.69, 9.17) is 10.4 Å².